The average Bonchev–Trinajstić information content (AvgIpc) is 2.13. The van der Waals surface area contributed by atoms with Crippen LogP contribution in [0.5, 0.6) is 0 Å². The summed E-state index contributed by atoms with van der Waals surface area (Å²) < 4.78 is 1.02. The third-order valence-electron chi connectivity index (χ3n) is 1.88. The van der Waals surface area contributed by atoms with Crippen molar-refractivity contribution in [3.63, 3.8) is 0 Å². The van der Waals surface area contributed by atoms with Gasteiger partial charge >= 0.3 is 0 Å². The summed E-state index contributed by atoms with van der Waals surface area (Å²) in [4.78, 5) is 0. The van der Waals surface area contributed by atoms with Gasteiger partial charge < -0.3 is 10.4 Å². The van der Waals surface area contributed by atoms with Crippen LogP contribution >= 0.6 is 34.2 Å². The van der Waals surface area contributed by atoms with E-state index in [4.69, 9.17) is 16.7 Å². The number of likely N-dealkylation sites (N-methyl/N-ethyl adjacent to an activating group) is 1. The topological polar surface area (TPSA) is 32.3 Å². The van der Waals surface area contributed by atoms with Gasteiger partial charge in [-0.25, -0.2) is 0 Å². The fourth-order valence-electron chi connectivity index (χ4n) is 1.09. The SMILES string of the molecule is CN[C@@H](CO)c1ccc(I)c(Cl)c1. The van der Waals surface area contributed by atoms with Crippen LogP contribution in [0.2, 0.25) is 5.02 Å². The van der Waals surface area contributed by atoms with E-state index in [1.165, 1.54) is 0 Å². The van der Waals surface area contributed by atoms with Crippen LogP contribution < -0.4 is 5.32 Å². The average molecular weight is 312 g/mol. The molecule has 1 aromatic rings. The Hall–Kier alpha value is 0.160. The van der Waals surface area contributed by atoms with Crippen LogP contribution in [0, 0.1) is 3.57 Å². The van der Waals surface area contributed by atoms with Gasteiger partial charge in [0.05, 0.1) is 17.7 Å². The van der Waals surface area contributed by atoms with E-state index in [0.29, 0.717) is 0 Å². The van der Waals surface area contributed by atoms with Crippen molar-refractivity contribution in [2.45, 2.75) is 6.04 Å². The molecular weight excluding hydrogens is 300 g/mol. The predicted octanol–water partition coefficient (Wildman–Crippen LogP) is 2.20. The number of nitrogens with one attached hydrogen (secondary N) is 1. The molecule has 0 aromatic heterocycles. The minimum Gasteiger partial charge on any atom is -0.394 e. The second-order valence-corrected chi connectivity index (χ2v) is 4.27. The molecule has 2 nitrogen and oxygen atoms in total. The molecule has 0 radical (unpaired) electrons. The Balaban J connectivity index is 2.95. The fraction of sp³-hybridized carbons (Fsp3) is 0.333. The van der Waals surface area contributed by atoms with E-state index in [9.17, 15) is 0 Å². The van der Waals surface area contributed by atoms with E-state index in [0.717, 1.165) is 14.2 Å². The molecule has 1 atom stereocenters. The van der Waals surface area contributed by atoms with Crippen LogP contribution in [0.1, 0.15) is 11.6 Å². The van der Waals surface area contributed by atoms with Gasteiger partial charge in [-0.05, 0) is 47.3 Å². The maximum absolute atomic E-state index is 9.03. The Bertz CT molecular complexity index is 289. The highest BCUT2D eigenvalue weighted by Crippen LogP contribution is 2.22. The van der Waals surface area contributed by atoms with E-state index >= 15 is 0 Å². The minimum absolute atomic E-state index is 0.0329. The molecule has 0 heterocycles. The lowest BCUT2D eigenvalue weighted by molar-refractivity contribution is 0.251. The molecule has 13 heavy (non-hydrogen) atoms. The quantitative estimate of drug-likeness (QED) is 0.839. The molecule has 2 N–H and O–H groups in total. The first-order valence-corrected chi connectivity index (χ1v) is 5.37. The van der Waals surface area contributed by atoms with Crippen LogP contribution in [0.25, 0.3) is 0 Å². The van der Waals surface area contributed by atoms with Gasteiger partial charge in [0, 0.05) is 3.57 Å². The van der Waals surface area contributed by atoms with E-state index in [1.54, 1.807) is 0 Å². The summed E-state index contributed by atoms with van der Waals surface area (Å²) in [5.41, 5.74) is 1.01. The minimum atomic E-state index is -0.0329. The Labute approximate surface area is 96.4 Å². The van der Waals surface area contributed by atoms with E-state index in [2.05, 4.69) is 27.9 Å². The Morgan fingerprint density at radius 2 is 2.31 bits per heavy atom. The molecule has 0 aliphatic heterocycles. The van der Waals surface area contributed by atoms with Crippen molar-refractivity contribution in [3.8, 4) is 0 Å². The van der Waals surface area contributed by atoms with Crippen LogP contribution in [-0.4, -0.2) is 18.8 Å². The molecule has 0 saturated heterocycles. The monoisotopic (exact) mass is 311 g/mol. The van der Waals surface area contributed by atoms with Crippen LogP contribution in [-0.2, 0) is 0 Å². The molecule has 0 bridgehead atoms. The van der Waals surface area contributed by atoms with Gasteiger partial charge in [-0.3, -0.25) is 0 Å². The van der Waals surface area contributed by atoms with E-state index < -0.39 is 0 Å². The smallest absolute Gasteiger partial charge is 0.0626 e. The zero-order valence-electron chi connectivity index (χ0n) is 7.22. The van der Waals surface area contributed by atoms with Gasteiger partial charge in [0.2, 0.25) is 0 Å². The van der Waals surface area contributed by atoms with E-state index in [1.807, 2.05) is 25.2 Å². The molecule has 0 spiro atoms. The zero-order chi connectivity index (χ0) is 9.84. The molecule has 0 aliphatic carbocycles. The maximum Gasteiger partial charge on any atom is 0.0626 e. The standard InChI is InChI=1S/C9H11ClINO/c1-12-9(5-13)6-2-3-8(11)7(10)4-6/h2-4,9,12-13H,5H2,1H3/t9-/m0/s1. The Morgan fingerprint density at radius 3 is 2.77 bits per heavy atom. The Morgan fingerprint density at radius 1 is 1.62 bits per heavy atom. The predicted molar refractivity (Wildman–Crippen MR) is 63.1 cm³/mol. The third-order valence-corrected chi connectivity index (χ3v) is 3.45. The number of aliphatic hydroxyl groups is 1. The summed E-state index contributed by atoms with van der Waals surface area (Å²) in [7, 11) is 1.81. The summed E-state index contributed by atoms with van der Waals surface area (Å²) in [5.74, 6) is 0. The fourth-order valence-corrected chi connectivity index (χ4v) is 1.62. The van der Waals surface area contributed by atoms with Crippen molar-refractivity contribution in [1.82, 2.24) is 5.32 Å². The van der Waals surface area contributed by atoms with Gasteiger partial charge in [0.25, 0.3) is 0 Å². The van der Waals surface area contributed by atoms with E-state index in [-0.39, 0.29) is 12.6 Å². The van der Waals surface area contributed by atoms with Crippen molar-refractivity contribution >= 4 is 34.2 Å². The molecule has 1 aromatic carbocycles. The van der Waals surface area contributed by atoms with Gasteiger partial charge in [0.1, 0.15) is 0 Å². The molecule has 0 aliphatic rings. The number of rotatable bonds is 3. The highest BCUT2D eigenvalue weighted by molar-refractivity contribution is 14.1. The molecule has 0 amide bonds. The summed E-state index contributed by atoms with van der Waals surface area (Å²) in [6.07, 6.45) is 0. The summed E-state index contributed by atoms with van der Waals surface area (Å²) in [6.45, 7) is 0.0768. The van der Waals surface area contributed by atoms with Crippen molar-refractivity contribution < 1.29 is 5.11 Å². The van der Waals surface area contributed by atoms with Gasteiger partial charge in [-0.1, -0.05) is 17.7 Å². The highest BCUT2D eigenvalue weighted by Gasteiger charge is 2.08. The van der Waals surface area contributed by atoms with Gasteiger partial charge in [0.15, 0.2) is 0 Å². The van der Waals surface area contributed by atoms with Crippen molar-refractivity contribution in [3.05, 3.63) is 32.4 Å². The zero-order valence-corrected chi connectivity index (χ0v) is 10.1. The molecule has 0 fully saturated rings. The molecule has 4 heteroatoms. The maximum atomic E-state index is 9.03. The first-order chi connectivity index (χ1) is 6.19. The number of hydrogen-bond acceptors (Lipinski definition) is 2. The lowest BCUT2D eigenvalue weighted by Gasteiger charge is -2.13. The Kier molecular flexibility index (Phi) is 4.45. The van der Waals surface area contributed by atoms with Gasteiger partial charge in [-0.15, -0.1) is 0 Å². The second kappa shape index (κ2) is 5.14. The lowest BCUT2D eigenvalue weighted by atomic mass is 10.1. The molecule has 1 rings (SSSR count). The number of benzene rings is 1. The largest absolute Gasteiger partial charge is 0.394 e. The second-order valence-electron chi connectivity index (χ2n) is 2.70. The molecule has 0 unspecified atom stereocenters. The third kappa shape index (κ3) is 2.80. The summed E-state index contributed by atoms with van der Waals surface area (Å²) >= 11 is 8.13. The van der Waals surface area contributed by atoms with Crippen LogP contribution in [0.4, 0.5) is 0 Å². The highest BCUT2D eigenvalue weighted by atomic mass is 127. The molecule has 0 saturated carbocycles. The first-order valence-electron chi connectivity index (χ1n) is 3.92. The number of halogens is 2. The molecule has 72 valence electrons. The van der Waals surface area contributed by atoms with Crippen molar-refractivity contribution in [2.24, 2.45) is 0 Å². The van der Waals surface area contributed by atoms with Crippen LogP contribution in [0.3, 0.4) is 0 Å². The lowest BCUT2D eigenvalue weighted by Crippen LogP contribution is -2.19. The summed E-state index contributed by atoms with van der Waals surface area (Å²) in [6, 6.07) is 5.75. The first kappa shape index (κ1) is 11.2. The van der Waals surface area contributed by atoms with Crippen molar-refractivity contribution in [1.29, 1.82) is 0 Å². The number of aliphatic hydroxyl groups excluding tert-OH is 1. The van der Waals surface area contributed by atoms with Gasteiger partial charge in [-0.2, -0.15) is 0 Å². The normalized spacial score (nSPS) is 12.9. The molecular formula is C9H11ClINO. The number of hydrogen-bond donors (Lipinski definition) is 2. The van der Waals surface area contributed by atoms with Crippen LogP contribution in [0.15, 0.2) is 18.2 Å². The van der Waals surface area contributed by atoms with Crippen molar-refractivity contribution in [2.75, 3.05) is 13.7 Å². The summed E-state index contributed by atoms with van der Waals surface area (Å²) in [5, 5.41) is 12.8.